The summed E-state index contributed by atoms with van der Waals surface area (Å²) in [6.07, 6.45) is 11.3. The van der Waals surface area contributed by atoms with Gasteiger partial charge in [0.05, 0.1) is 0 Å². The molecule has 0 aliphatic heterocycles. The maximum Gasteiger partial charge on any atom is 0.0431 e. The predicted octanol–water partition coefficient (Wildman–Crippen LogP) is 2.28. The molecular weight excluding hydrogens is 124 g/mol. The Balaban J connectivity index is 3.02. The summed E-state index contributed by atoms with van der Waals surface area (Å²) >= 11 is 0. The van der Waals surface area contributed by atoms with Crippen molar-refractivity contribution in [3.8, 4) is 0 Å². The van der Waals surface area contributed by atoms with Crippen molar-refractivity contribution in [1.82, 2.24) is 0 Å². The Hall–Kier alpha value is -0.560. The smallest absolute Gasteiger partial charge is 0.0431 e. The van der Waals surface area contributed by atoms with Gasteiger partial charge in [0.25, 0.3) is 0 Å². The van der Waals surface area contributed by atoms with Gasteiger partial charge in [-0.2, -0.15) is 0 Å². The summed E-state index contributed by atoms with van der Waals surface area (Å²) in [4.78, 5) is 0. The molecule has 1 nitrogen and oxygen atoms in total. The van der Waals surface area contributed by atoms with E-state index in [0.717, 1.165) is 19.3 Å². The van der Waals surface area contributed by atoms with Crippen molar-refractivity contribution in [2.75, 3.05) is 6.61 Å². The monoisotopic (exact) mass is 140 g/mol. The zero-order chi connectivity index (χ0) is 7.66. The van der Waals surface area contributed by atoms with Crippen molar-refractivity contribution in [3.63, 3.8) is 0 Å². The number of aliphatic hydroxyl groups excluding tert-OH is 1. The maximum absolute atomic E-state index is 8.43. The molecule has 0 saturated carbocycles. The Morgan fingerprint density at radius 1 is 1.20 bits per heavy atom. The van der Waals surface area contributed by atoms with Crippen LogP contribution in [0.5, 0.6) is 0 Å². The van der Waals surface area contributed by atoms with Gasteiger partial charge in [0.15, 0.2) is 0 Å². The third kappa shape index (κ3) is 7.44. The van der Waals surface area contributed by atoms with Crippen molar-refractivity contribution < 1.29 is 5.11 Å². The molecule has 0 spiro atoms. The molecular formula is C9H16O. The van der Waals surface area contributed by atoms with E-state index in [-0.39, 0.29) is 0 Å². The lowest BCUT2D eigenvalue weighted by atomic mass is 10.2. The Labute approximate surface area is 63.1 Å². The molecule has 0 heterocycles. The van der Waals surface area contributed by atoms with Crippen molar-refractivity contribution in [2.45, 2.75) is 26.2 Å². The van der Waals surface area contributed by atoms with Gasteiger partial charge in [0, 0.05) is 6.61 Å². The molecule has 0 aromatic heterocycles. The van der Waals surface area contributed by atoms with E-state index in [0.29, 0.717) is 6.61 Å². The highest BCUT2D eigenvalue weighted by molar-refractivity contribution is 5.00. The van der Waals surface area contributed by atoms with Gasteiger partial charge in [-0.05, 0) is 26.2 Å². The molecule has 0 fully saturated rings. The quantitative estimate of drug-likeness (QED) is 0.459. The minimum Gasteiger partial charge on any atom is -0.396 e. The van der Waals surface area contributed by atoms with Gasteiger partial charge in [0.2, 0.25) is 0 Å². The van der Waals surface area contributed by atoms with E-state index in [4.69, 9.17) is 5.11 Å². The highest BCUT2D eigenvalue weighted by Gasteiger charge is 1.79. The average Bonchev–Trinajstić information content (AvgIpc) is 1.97. The SMILES string of the molecule is C/C=C/C=C\CCCCO. The van der Waals surface area contributed by atoms with Gasteiger partial charge in [-0.25, -0.2) is 0 Å². The zero-order valence-corrected chi connectivity index (χ0v) is 6.59. The summed E-state index contributed by atoms with van der Waals surface area (Å²) in [5, 5.41) is 8.43. The van der Waals surface area contributed by atoms with Crippen LogP contribution in [0.1, 0.15) is 26.2 Å². The first kappa shape index (κ1) is 9.44. The highest BCUT2D eigenvalue weighted by Crippen LogP contribution is 1.94. The molecule has 58 valence electrons. The standard InChI is InChI=1S/C9H16O/c1-2-3-4-5-6-7-8-9-10/h2-5,10H,6-9H2,1H3/b3-2+,5-4-. The number of aliphatic hydroxyl groups is 1. The van der Waals surface area contributed by atoms with Gasteiger partial charge >= 0.3 is 0 Å². The minimum atomic E-state index is 0.317. The fourth-order valence-corrected chi connectivity index (χ4v) is 0.660. The predicted molar refractivity (Wildman–Crippen MR) is 44.9 cm³/mol. The lowest BCUT2D eigenvalue weighted by Crippen LogP contribution is -1.79. The molecule has 1 heteroatoms. The van der Waals surface area contributed by atoms with Crippen LogP contribution >= 0.6 is 0 Å². The van der Waals surface area contributed by atoms with Gasteiger partial charge in [0.1, 0.15) is 0 Å². The van der Waals surface area contributed by atoms with Crippen LogP contribution in [0.2, 0.25) is 0 Å². The van der Waals surface area contributed by atoms with Gasteiger partial charge in [-0.15, -0.1) is 0 Å². The molecule has 0 bridgehead atoms. The van der Waals surface area contributed by atoms with E-state index in [2.05, 4.69) is 6.08 Å². The van der Waals surface area contributed by atoms with Gasteiger partial charge in [-0.3, -0.25) is 0 Å². The van der Waals surface area contributed by atoms with Crippen LogP contribution in [0.4, 0.5) is 0 Å². The molecule has 0 unspecified atom stereocenters. The Kier molecular flexibility index (Phi) is 7.97. The number of rotatable bonds is 5. The second-order valence-electron chi connectivity index (χ2n) is 2.17. The number of hydrogen-bond donors (Lipinski definition) is 1. The van der Waals surface area contributed by atoms with E-state index >= 15 is 0 Å². The van der Waals surface area contributed by atoms with Crippen molar-refractivity contribution >= 4 is 0 Å². The molecule has 10 heavy (non-hydrogen) atoms. The highest BCUT2D eigenvalue weighted by atomic mass is 16.2. The number of hydrogen-bond acceptors (Lipinski definition) is 1. The summed E-state index contributed by atoms with van der Waals surface area (Å²) < 4.78 is 0. The summed E-state index contributed by atoms with van der Waals surface area (Å²) in [7, 11) is 0. The van der Waals surface area contributed by atoms with Crippen molar-refractivity contribution in [1.29, 1.82) is 0 Å². The fourth-order valence-electron chi connectivity index (χ4n) is 0.660. The molecule has 0 saturated heterocycles. The first-order chi connectivity index (χ1) is 4.91. The molecule has 0 aromatic carbocycles. The largest absolute Gasteiger partial charge is 0.396 e. The summed E-state index contributed by atoms with van der Waals surface area (Å²) in [6.45, 7) is 2.32. The molecule has 0 aliphatic carbocycles. The van der Waals surface area contributed by atoms with E-state index in [1.165, 1.54) is 0 Å². The molecule has 0 atom stereocenters. The summed E-state index contributed by atoms with van der Waals surface area (Å²) in [5.74, 6) is 0. The topological polar surface area (TPSA) is 20.2 Å². The number of unbranched alkanes of at least 4 members (excludes halogenated alkanes) is 2. The lowest BCUT2D eigenvalue weighted by Gasteiger charge is -1.89. The van der Waals surface area contributed by atoms with Crippen LogP contribution in [0.25, 0.3) is 0 Å². The maximum atomic E-state index is 8.43. The third-order valence-electron chi connectivity index (χ3n) is 1.22. The van der Waals surface area contributed by atoms with Gasteiger partial charge in [-0.1, -0.05) is 24.3 Å². The first-order valence-corrected chi connectivity index (χ1v) is 3.80. The molecule has 0 rings (SSSR count). The fraction of sp³-hybridized carbons (Fsp3) is 0.556. The third-order valence-corrected chi connectivity index (χ3v) is 1.22. The Morgan fingerprint density at radius 2 is 2.00 bits per heavy atom. The van der Waals surface area contributed by atoms with Crippen LogP contribution in [0.15, 0.2) is 24.3 Å². The van der Waals surface area contributed by atoms with Crippen LogP contribution in [-0.2, 0) is 0 Å². The normalized spacial score (nSPS) is 11.8. The second kappa shape index (κ2) is 8.44. The summed E-state index contributed by atoms with van der Waals surface area (Å²) in [6, 6.07) is 0. The lowest BCUT2D eigenvalue weighted by molar-refractivity contribution is 0.285. The van der Waals surface area contributed by atoms with Crippen LogP contribution in [0.3, 0.4) is 0 Å². The zero-order valence-electron chi connectivity index (χ0n) is 6.59. The molecule has 0 aromatic rings. The second-order valence-corrected chi connectivity index (χ2v) is 2.17. The van der Waals surface area contributed by atoms with Crippen LogP contribution < -0.4 is 0 Å². The van der Waals surface area contributed by atoms with E-state index in [1.54, 1.807) is 0 Å². The molecule has 0 aliphatic rings. The molecule has 0 amide bonds. The summed E-state index contributed by atoms with van der Waals surface area (Å²) in [5.41, 5.74) is 0. The Morgan fingerprint density at radius 3 is 2.60 bits per heavy atom. The molecule has 1 N–H and O–H groups in total. The van der Waals surface area contributed by atoms with Crippen molar-refractivity contribution in [2.24, 2.45) is 0 Å². The number of allylic oxidation sites excluding steroid dienone is 4. The molecule has 0 radical (unpaired) electrons. The van der Waals surface area contributed by atoms with Crippen molar-refractivity contribution in [3.05, 3.63) is 24.3 Å². The average molecular weight is 140 g/mol. The van der Waals surface area contributed by atoms with Gasteiger partial charge < -0.3 is 5.11 Å². The van der Waals surface area contributed by atoms with E-state index < -0.39 is 0 Å². The van der Waals surface area contributed by atoms with Crippen LogP contribution in [-0.4, -0.2) is 11.7 Å². The van der Waals surface area contributed by atoms with Crippen LogP contribution in [0, 0.1) is 0 Å². The Bertz CT molecular complexity index is 103. The van der Waals surface area contributed by atoms with E-state index in [9.17, 15) is 0 Å². The first-order valence-electron chi connectivity index (χ1n) is 3.80. The minimum absolute atomic E-state index is 0.317. The van der Waals surface area contributed by atoms with E-state index in [1.807, 2.05) is 25.2 Å².